The number of para-hydroxylation sites is 2. The van der Waals surface area contributed by atoms with Crippen LogP contribution in [0.2, 0.25) is 0 Å². The van der Waals surface area contributed by atoms with E-state index in [1.54, 1.807) is 7.11 Å². The van der Waals surface area contributed by atoms with E-state index in [-0.39, 0.29) is 5.92 Å². The third kappa shape index (κ3) is 2.82. The summed E-state index contributed by atoms with van der Waals surface area (Å²) in [7, 11) is 3.63. The van der Waals surface area contributed by atoms with Crippen molar-refractivity contribution in [3.05, 3.63) is 24.3 Å². The van der Waals surface area contributed by atoms with Gasteiger partial charge in [-0.05, 0) is 12.1 Å². The lowest BCUT2D eigenvalue weighted by atomic mass is 10.00. The van der Waals surface area contributed by atoms with Crippen molar-refractivity contribution in [3.8, 4) is 5.75 Å². The van der Waals surface area contributed by atoms with Crippen LogP contribution >= 0.6 is 0 Å². The second-order valence-electron chi connectivity index (χ2n) is 4.54. The highest BCUT2D eigenvalue weighted by atomic mass is 16.5. The molecular formula is C14H19NO3. The summed E-state index contributed by atoms with van der Waals surface area (Å²) < 4.78 is 10.7. The van der Waals surface area contributed by atoms with Gasteiger partial charge < -0.3 is 14.4 Å². The smallest absolute Gasteiger partial charge is 0.142 e. The van der Waals surface area contributed by atoms with Gasteiger partial charge in [0.25, 0.3) is 0 Å². The van der Waals surface area contributed by atoms with E-state index in [1.807, 2.05) is 31.3 Å². The number of hydrogen-bond acceptors (Lipinski definition) is 4. The molecule has 0 bridgehead atoms. The number of benzene rings is 1. The average molecular weight is 249 g/mol. The van der Waals surface area contributed by atoms with Crippen LogP contribution in [-0.2, 0) is 9.53 Å². The second kappa shape index (κ2) is 5.87. The molecule has 0 radical (unpaired) electrons. The molecule has 98 valence electrons. The van der Waals surface area contributed by atoms with E-state index in [0.717, 1.165) is 11.4 Å². The standard InChI is InChI=1S/C14H19NO3/c1-15(9-11-10-18-8-7-13(11)16)12-5-3-4-6-14(12)17-2/h3-6,11H,7-10H2,1-2H3. The fourth-order valence-corrected chi connectivity index (χ4v) is 2.22. The molecule has 0 aromatic heterocycles. The Balaban J connectivity index is 2.06. The molecule has 0 aliphatic carbocycles. The molecule has 1 aliphatic heterocycles. The molecule has 4 heteroatoms. The first-order chi connectivity index (χ1) is 8.72. The maximum absolute atomic E-state index is 11.8. The first-order valence-corrected chi connectivity index (χ1v) is 6.17. The summed E-state index contributed by atoms with van der Waals surface area (Å²) in [6.07, 6.45) is 0.532. The number of rotatable bonds is 4. The van der Waals surface area contributed by atoms with Crippen molar-refractivity contribution in [2.45, 2.75) is 6.42 Å². The first-order valence-electron chi connectivity index (χ1n) is 6.17. The number of Topliss-reactive ketones (excluding diaryl/α,β-unsaturated/α-hetero) is 1. The molecule has 0 amide bonds. The highest BCUT2D eigenvalue weighted by molar-refractivity contribution is 5.82. The van der Waals surface area contributed by atoms with Gasteiger partial charge in [0.05, 0.1) is 31.9 Å². The lowest BCUT2D eigenvalue weighted by Gasteiger charge is -2.28. The fourth-order valence-electron chi connectivity index (χ4n) is 2.22. The van der Waals surface area contributed by atoms with Gasteiger partial charge in [0.15, 0.2) is 0 Å². The van der Waals surface area contributed by atoms with Gasteiger partial charge in [0.2, 0.25) is 0 Å². The molecule has 1 fully saturated rings. The van der Waals surface area contributed by atoms with E-state index in [9.17, 15) is 4.79 Å². The Morgan fingerprint density at radius 1 is 1.44 bits per heavy atom. The van der Waals surface area contributed by atoms with Crippen molar-refractivity contribution in [2.24, 2.45) is 5.92 Å². The molecule has 0 spiro atoms. The average Bonchev–Trinajstić information content (AvgIpc) is 2.41. The molecule has 1 unspecified atom stereocenters. The van der Waals surface area contributed by atoms with E-state index < -0.39 is 0 Å². The Hall–Kier alpha value is -1.55. The molecule has 1 aromatic carbocycles. The van der Waals surface area contributed by atoms with Crippen molar-refractivity contribution in [3.63, 3.8) is 0 Å². The van der Waals surface area contributed by atoms with E-state index in [2.05, 4.69) is 4.90 Å². The summed E-state index contributed by atoms with van der Waals surface area (Å²) in [5, 5.41) is 0. The van der Waals surface area contributed by atoms with Crippen LogP contribution in [0.3, 0.4) is 0 Å². The predicted octanol–water partition coefficient (Wildman–Crippen LogP) is 1.74. The van der Waals surface area contributed by atoms with Gasteiger partial charge in [-0.2, -0.15) is 0 Å². The molecule has 0 N–H and O–H groups in total. The van der Waals surface area contributed by atoms with Crippen molar-refractivity contribution in [2.75, 3.05) is 38.8 Å². The van der Waals surface area contributed by atoms with Crippen LogP contribution in [0.4, 0.5) is 5.69 Å². The van der Waals surface area contributed by atoms with Crippen LogP contribution in [0.5, 0.6) is 5.75 Å². The number of ether oxygens (including phenoxy) is 2. The maximum Gasteiger partial charge on any atom is 0.142 e. The maximum atomic E-state index is 11.8. The second-order valence-corrected chi connectivity index (χ2v) is 4.54. The summed E-state index contributed by atoms with van der Waals surface area (Å²) in [6, 6.07) is 7.82. The summed E-state index contributed by atoms with van der Waals surface area (Å²) in [5.41, 5.74) is 0.998. The predicted molar refractivity (Wildman–Crippen MR) is 70.2 cm³/mol. The van der Waals surface area contributed by atoms with Crippen LogP contribution in [-0.4, -0.2) is 39.7 Å². The van der Waals surface area contributed by atoms with Crippen LogP contribution in [0.1, 0.15) is 6.42 Å². The third-order valence-electron chi connectivity index (χ3n) is 3.26. The van der Waals surface area contributed by atoms with Gasteiger partial charge in [0, 0.05) is 20.0 Å². The van der Waals surface area contributed by atoms with Crippen LogP contribution in [0, 0.1) is 5.92 Å². The Labute approximate surface area is 107 Å². The molecule has 1 saturated heterocycles. The highest BCUT2D eigenvalue weighted by Gasteiger charge is 2.24. The summed E-state index contributed by atoms with van der Waals surface area (Å²) in [4.78, 5) is 13.8. The van der Waals surface area contributed by atoms with Gasteiger partial charge in [-0.1, -0.05) is 12.1 Å². The molecule has 1 atom stereocenters. The minimum Gasteiger partial charge on any atom is -0.495 e. The van der Waals surface area contributed by atoms with Crippen molar-refractivity contribution in [1.29, 1.82) is 0 Å². The van der Waals surface area contributed by atoms with E-state index in [0.29, 0.717) is 32.0 Å². The number of nitrogens with zero attached hydrogens (tertiary/aromatic N) is 1. The SMILES string of the molecule is COc1ccccc1N(C)CC1COCCC1=O. The van der Waals surface area contributed by atoms with Gasteiger partial charge in [-0.25, -0.2) is 0 Å². The number of anilines is 1. The molecule has 18 heavy (non-hydrogen) atoms. The topological polar surface area (TPSA) is 38.8 Å². The Morgan fingerprint density at radius 2 is 2.22 bits per heavy atom. The molecule has 1 aliphatic rings. The Kier molecular flexibility index (Phi) is 4.20. The van der Waals surface area contributed by atoms with Crippen molar-refractivity contribution < 1.29 is 14.3 Å². The van der Waals surface area contributed by atoms with Gasteiger partial charge in [-0.3, -0.25) is 4.79 Å². The lowest BCUT2D eigenvalue weighted by Crippen LogP contribution is -2.37. The molecule has 2 rings (SSSR count). The normalized spacial score (nSPS) is 19.7. The molecule has 1 heterocycles. The van der Waals surface area contributed by atoms with Crippen molar-refractivity contribution in [1.82, 2.24) is 0 Å². The Bertz CT molecular complexity index is 419. The number of carbonyl (C=O) groups excluding carboxylic acids is 1. The Morgan fingerprint density at radius 3 is 2.94 bits per heavy atom. The third-order valence-corrected chi connectivity index (χ3v) is 3.26. The lowest BCUT2D eigenvalue weighted by molar-refractivity contribution is -0.129. The summed E-state index contributed by atoms with van der Waals surface area (Å²) in [5.74, 6) is 1.08. The number of methoxy groups -OCH3 is 1. The van der Waals surface area contributed by atoms with Crippen LogP contribution < -0.4 is 9.64 Å². The molecule has 1 aromatic rings. The van der Waals surface area contributed by atoms with E-state index >= 15 is 0 Å². The number of ketones is 1. The summed E-state index contributed by atoms with van der Waals surface area (Å²) >= 11 is 0. The highest BCUT2D eigenvalue weighted by Crippen LogP contribution is 2.27. The fraction of sp³-hybridized carbons (Fsp3) is 0.500. The van der Waals surface area contributed by atoms with Gasteiger partial charge >= 0.3 is 0 Å². The molecular weight excluding hydrogens is 230 g/mol. The first kappa shape index (κ1) is 12.9. The van der Waals surface area contributed by atoms with Crippen LogP contribution in [0.25, 0.3) is 0 Å². The monoisotopic (exact) mass is 249 g/mol. The summed E-state index contributed by atoms with van der Waals surface area (Å²) in [6.45, 7) is 1.76. The molecule has 4 nitrogen and oxygen atoms in total. The van der Waals surface area contributed by atoms with E-state index in [1.165, 1.54) is 0 Å². The van der Waals surface area contributed by atoms with Gasteiger partial charge in [0.1, 0.15) is 11.5 Å². The molecule has 0 saturated carbocycles. The largest absolute Gasteiger partial charge is 0.495 e. The number of carbonyl (C=O) groups is 1. The van der Waals surface area contributed by atoms with Crippen molar-refractivity contribution >= 4 is 11.5 Å². The number of hydrogen-bond donors (Lipinski definition) is 0. The zero-order valence-electron chi connectivity index (χ0n) is 10.9. The minimum absolute atomic E-state index is 0.0336. The zero-order valence-corrected chi connectivity index (χ0v) is 10.9. The van der Waals surface area contributed by atoms with E-state index in [4.69, 9.17) is 9.47 Å². The quantitative estimate of drug-likeness (QED) is 0.814. The van der Waals surface area contributed by atoms with Gasteiger partial charge in [-0.15, -0.1) is 0 Å². The minimum atomic E-state index is -0.0336. The van der Waals surface area contributed by atoms with Crippen LogP contribution in [0.15, 0.2) is 24.3 Å². The zero-order chi connectivity index (χ0) is 13.0.